The largest absolute Gasteiger partial charge is 0.368 e. The summed E-state index contributed by atoms with van der Waals surface area (Å²) in [4.78, 5) is 4.37. The fraction of sp³-hybridized carbons (Fsp3) is 0.462. The maximum Gasteiger partial charge on any atom is 0.262 e. The van der Waals surface area contributed by atoms with Gasteiger partial charge in [-0.1, -0.05) is 6.07 Å². The van der Waals surface area contributed by atoms with Gasteiger partial charge in [-0.2, -0.15) is 16.1 Å². The van der Waals surface area contributed by atoms with E-state index in [0.29, 0.717) is 24.6 Å². The predicted octanol–water partition coefficient (Wildman–Crippen LogP) is 1.75. The summed E-state index contributed by atoms with van der Waals surface area (Å²) in [6.07, 6.45) is 3.68. The molecule has 0 unspecified atom stereocenters. The number of hydrogen-bond donors (Lipinski definition) is 1. The number of nitrogens with one attached hydrogen (secondary N) is 1. The van der Waals surface area contributed by atoms with E-state index in [2.05, 4.69) is 10.3 Å². The highest BCUT2D eigenvalue weighted by Gasteiger charge is 2.28. The molecule has 21 heavy (non-hydrogen) atoms. The van der Waals surface area contributed by atoms with E-state index in [9.17, 15) is 8.42 Å². The topological polar surface area (TPSA) is 66.7 Å². The van der Waals surface area contributed by atoms with E-state index in [1.807, 2.05) is 19.2 Å². The second-order valence-corrected chi connectivity index (χ2v) is 7.49. The Hall–Kier alpha value is -1.25. The van der Waals surface area contributed by atoms with Gasteiger partial charge >= 0.3 is 0 Å². The minimum Gasteiger partial charge on any atom is -0.368 e. The Bertz CT molecular complexity index is 712. The fourth-order valence-corrected chi connectivity index (χ4v) is 3.95. The van der Waals surface area contributed by atoms with Gasteiger partial charge in [0.1, 0.15) is 5.65 Å². The zero-order valence-electron chi connectivity index (χ0n) is 12.4. The Morgan fingerprint density at radius 3 is 2.86 bits per heavy atom. The van der Waals surface area contributed by atoms with Crippen LogP contribution in [0.1, 0.15) is 6.92 Å². The number of pyridine rings is 1. The lowest BCUT2D eigenvalue weighted by atomic mass is 10.5. The monoisotopic (exact) mass is 328 g/mol. The van der Waals surface area contributed by atoms with E-state index in [4.69, 9.17) is 0 Å². The summed E-state index contributed by atoms with van der Waals surface area (Å²) in [7, 11) is -1.99. The molecule has 8 heteroatoms. The van der Waals surface area contributed by atoms with Crippen molar-refractivity contribution in [1.82, 2.24) is 13.7 Å². The lowest BCUT2D eigenvalue weighted by Gasteiger charge is -2.17. The third-order valence-electron chi connectivity index (χ3n) is 3.10. The zero-order chi connectivity index (χ0) is 15.5. The molecule has 0 fully saturated rings. The summed E-state index contributed by atoms with van der Waals surface area (Å²) in [5, 5.41) is 3.24. The van der Waals surface area contributed by atoms with Crippen molar-refractivity contribution in [2.75, 3.05) is 37.5 Å². The van der Waals surface area contributed by atoms with E-state index >= 15 is 0 Å². The first-order chi connectivity index (χ1) is 10.0. The lowest BCUT2D eigenvalue weighted by Crippen LogP contribution is -2.30. The third-order valence-corrected chi connectivity index (χ3v) is 5.57. The van der Waals surface area contributed by atoms with Gasteiger partial charge in [-0.25, -0.2) is 13.4 Å². The van der Waals surface area contributed by atoms with Gasteiger partial charge in [0.15, 0.2) is 10.8 Å². The SMILES string of the molecule is CCNc1nc2ccccn2c1S(=O)(=O)N(C)CCSC. The summed E-state index contributed by atoms with van der Waals surface area (Å²) in [5.41, 5.74) is 0.616. The smallest absolute Gasteiger partial charge is 0.262 e. The average Bonchev–Trinajstić information content (AvgIpc) is 2.83. The molecule has 0 atom stereocenters. The van der Waals surface area contributed by atoms with Crippen LogP contribution in [0.15, 0.2) is 29.4 Å². The molecule has 0 aromatic carbocycles. The Morgan fingerprint density at radius 2 is 2.19 bits per heavy atom. The molecule has 0 saturated heterocycles. The Balaban J connectivity index is 2.55. The van der Waals surface area contributed by atoms with Crippen molar-refractivity contribution < 1.29 is 8.42 Å². The number of hydrogen-bond acceptors (Lipinski definition) is 5. The standard InChI is InChI=1S/C13H20N4O2S2/c1-4-14-12-13(17-8-6-5-7-11(17)15-12)21(18,19)16(2)9-10-20-3/h5-8,14H,4,9-10H2,1-3H3. The number of anilines is 1. The van der Waals surface area contributed by atoms with Crippen molar-refractivity contribution in [2.24, 2.45) is 0 Å². The maximum atomic E-state index is 12.8. The molecule has 0 bridgehead atoms. The normalized spacial score (nSPS) is 12.2. The summed E-state index contributed by atoms with van der Waals surface area (Å²) < 4.78 is 28.6. The Labute approximate surface area is 129 Å². The molecule has 2 heterocycles. The Morgan fingerprint density at radius 1 is 1.43 bits per heavy atom. The van der Waals surface area contributed by atoms with Crippen LogP contribution in [0.5, 0.6) is 0 Å². The minimum absolute atomic E-state index is 0.198. The molecular weight excluding hydrogens is 308 g/mol. The van der Waals surface area contributed by atoms with Crippen molar-refractivity contribution in [1.29, 1.82) is 0 Å². The van der Waals surface area contributed by atoms with Gasteiger partial charge in [-0.3, -0.25) is 4.40 Å². The first-order valence-corrected chi connectivity index (χ1v) is 9.52. The van der Waals surface area contributed by atoms with Crippen LogP contribution in [0.25, 0.3) is 5.65 Å². The van der Waals surface area contributed by atoms with Crippen molar-refractivity contribution in [3.8, 4) is 0 Å². The first-order valence-electron chi connectivity index (χ1n) is 6.68. The molecular formula is C13H20N4O2S2. The number of aromatic nitrogens is 2. The van der Waals surface area contributed by atoms with Crippen LogP contribution >= 0.6 is 11.8 Å². The second-order valence-electron chi connectivity index (χ2n) is 4.54. The van der Waals surface area contributed by atoms with Gasteiger partial charge in [0.2, 0.25) is 0 Å². The molecule has 0 spiro atoms. The maximum absolute atomic E-state index is 12.8. The highest BCUT2D eigenvalue weighted by atomic mass is 32.2. The summed E-state index contributed by atoms with van der Waals surface area (Å²) in [6.45, 7) is 2.99. The van der Waals surface area contributed by atoms with Crippen molar-refractivity contribution >= 4 is 33.3 Å². The van der Waals surface area contributed by atoms with Gasteiger partial charge in [-0.15, -0.1) is 0 Å². The molecule has 0 aliphatic rings. The number of fused-ring (bicyclic) bond motifs is 1. The Kier molecular flexibility index (Phi) is 5.13. The molecule has 0 amide bonds. The predicted molar refractivity (Wildman–Crippen MR) is 87.6 cm³/mol. The van der Waals surface area contributed by atoms with Crippen LogP contribution in [-0.2, 0) is 10.0 Å². The number of imidazole rings is 1. The molecule has 0 radical (unpaired) electrons. The van der Waals surface area contributed by atoms with E-state index in [1.165, 1.54) is 4.31 Å². The summed E-state index contributed by atoms with van der Waals surface area (Å²) in [6, 6.07) is 5.43. The van der Waals surface area contributed by atoms with Crippen molar-refractivity contribution in [3.63, 3.8) is 0 Å². The molecule has 116 valence electrons. The van der Waals surface area contributed by atoms with Gasteiger partial charge in [0, 0.05) is 32.1 Å². The van der Waals surface area contributed by atoms with Gasteiger partial charge < -0.3 is 5.32 Å². The first kappa shape index (κ1) is 16.1. The van der Waals surface area contributed by atoms with Gasteiger partial charge in [-0.05, 0) is 25.3 Å². The highest BCUT2D eigenvalue weighted by Crippen LogP contribution is 2.25. The average molecular weight is 328 g/mol. The second kappa shape index (κ2) is 6.67. The van der Waals surface area contributed by atoms with E-state index < -0.39 is 10.0 Å². The highest BCUT2D eigenvalue weighted by molar-refractivity contribution is 7.98. The van der Waals surface area contributed by atoms with E-state index in [0.717, 1.165) is 5.75 Å². The third kappa shape index (κ3) is 3.17. The minimum atomic E-state index is -3.59. The van der Waals surface area contributed by atoms with E-state index in [-0.39, 0.29) is 5.03 Å². The summed E-state index contributed by atoms with van der Waals surface area (Å²) >= 11 is 1.62. The lowest BCUT2D eigenvalue weighted by molar-refractivity contribution is 0.485. The van der Waals surface area contributed by atoms with Crippen LogP contribution in [0, 0.1) is 0 Å². The molecule has 6 nitrogen and oxygen atoms in total. The van der Waals surface area contributed by atoms with Crippen LogP contribution in [0.4, 0.5) is 5.82 Å². The van der Waals surface area contributed by atoms with Crippen LogP contribution in [0.3, 0.4) is 0 Å². The molecule has 2 aromatic rings. The van der Waals surface area contributed by atoms with Crippen molar-refractivity contribution in [3.05, 3.63) is 24.4 Å². The summed E-state index contributed by atoms with van der Waals surface area (Å²) in [5.74, 6) is 1.16. The van der Waals surface area contributed by atoms with Crippen LogP contribution in [0.2, 0.25) is 0 Å². The van der Waals surface area contributed by atoms with Crippen LogP contribution < -0.4 is 5.32 Å². The quantitative estimate of drug-likeness (QED) is 0.839. The number of rotatable bonds is 7. The molecule has 2 aromatic heterocycles. The van der Waals surface area contributed by atoms with Gasteiger partial charge in [0.05, 0.1) is 0 Å². The molecule has 0 aliphatic heterocycles. The van der Waals surface area contributed by atoms with Crippen molar-refractivity contribution in [2.45, 2.75) is 11.9 Å². The molecule has 0 aliphatic carbocycles. The van der Waals surface area contributed by atoms with Crippen LogP contribution in [-0.4, -0.2) is 54.3 Å². The molecule has 0 saturated carbocycles. The number of thioether (sulfide) groups is 1. The number of nitrogens with zero attached hydrogens (tertiary/aromatic N) is 3. The fourth-order valence-electron chi connectivity index (χ4n) is 1.99. The zero-order valence-corrected chi connectivity index (χ0v) is 14.0. The molecule has 1 N–H and O–H groups in total. The number of sulfonamides is 1. The molecule has 2 rings (SSSR count). The van der Waals surface area contributed by atoms with E-state index in [1.54, 1.807) is 41.5 Å². The van der Waals surface area contributed by atoms with Gasteiger partial charge in [0.25, 0.3) is 10.0 Å².